The molecule has 4 nitrogen and oxygen atoms in total. The van der Waals surface area contributed by atoms with E-state index in [4.69, 9.17) is 4.74 Å². The maximum atomic E-state index is 10.6. The van der Waals surface area contributed by atoms with Gasteiger partial charge in [0.25, 0.3) is 0 Å². The van der Waals surface area contributed by atoms with Gasteiger partial charge in [-0.2, -0.15) is 0 Å². The molecular weight excluding hydrogens is 444 g/mol. The Morgan fingerprint density at radius 3 is 1.67 bits per heavy atom. The molecular formula is C32H34N2O2. The molecule has 0 spiro atoms. The Balaban J connectivity index is 1.12. The summed E-state index contributed by atoms with van der Waals surface area (Å²) in [7, 11) is 0. The zero-order chi connectivity index (χ0) is 24.6. The van der Waals surface area contributed by atoms with Crippen LogP contribution in [0.25, 0.3) is 11.1 Å². The van der Waals surface area contributed by atoms with E-state index >= 15 is 0 Å². The molecule has 0 aromatic heterocycles. The van der Waals surface area contributed by atoms with Gasteiger partial charge in [0.1, 0.15) is 18.5 Å². The molecule has 0 saturated carbocycles. The molecule has 1 N–H and O–H groups in total. The highest BCUT2D eigenvalue weighted by Crippen LogP contribution is 2.29. The summed E-state index contributed by atoms with van der Waals surface area (Å²) in [6.45, 7) is 4.70. The fourth-order valence-corrected chi connectivity index (χ4v) is 5.01. The molecule has 0 amide bonds. The molecule has 1 heterocycles. The number of aliphatic hydroxyl groups excluding tert-OH is 1. The molecule has 1 fully saturated rings. The van der Waals surface area contributed by atoms with Crippen molar-refractivity contribution >= 4 is 0 Å². The van der Waals surface area contributed by atoms with Crippen molar-refractivity contribution in [2.24, 2.45) is 0 Å². The lowest BCUT2D eigenvalue weighted by atomic mass is 9.96. The Bertz CT molecular complexity index is 1140. The summed E-state index contributed by atoms with van der Waals surface area (Å²) in [5.41, 5.74) is 4.99. The van der Waals surface area contributed by atoms with Crippen LogP contribution in [0.15, 0.2) is 115 Å². The van der Waals surface area contributed by atoms with Crippen LogP contribution in [0.5, 0.6) is 5.75 Å². The van der Waals surface area contributed by atoms with E-state index in [2.05, 4.69) is 94.7 Å². The number of nitrogens with zero attached hydrogens (tertiary/aromatic N) is 2. The van der Waals surface area contributed by atoms with E-state index < -0.39 is 6.10 Å². The van der Waals surface area contributed by atoms with Crippen LogP contribution in [0.2, 0.25) is 0 Å². The second kappa shape index (κ2) is 12.0. The summed E-state index contributed by atoms with van der Waals surface area (Å²) in [5, 5.41) is 10.6. The van der Waals surface area contributed by atoms with Gasteiger partial charge in [0, 0.05) is 32.7 Å². The summed E-state index contributed by atoms with van der Waals surface area (Å²) in [5.74, 6) is 0.784. The first-order chi connectivity index (χ1) is 17.8. The minimum absolute atomic E-state index is 0.252. The van der Waals surface area contributed by atoms with E-state index in [0.717, 1.165) is 37.5 Å². The Morgan fingerprint density at radius 2 is 1.11 bits per heavy atom. The van der Waals surface area contributed by atoms with E-state index in [-0.39, 0.29) is 6.04 Å². The van der Waals surface area contributed by atoms with Crippen molar-refractivity contribution in [2.75, 3.05) is 39.3 Å². The lowest BCUT2D eigenvalue weighted by Crippen LogP contribution is -2.50. The summed E-state index contributed by atoms with van der Waals surface area (Å²) in [6, 6.07) is 40.1. The second-order valence-corrected chi connectivity index (χ2v) is 9.42. The van der Waals surface area contributed by atoms with E-state index in [1.165, 1.54) is 16.7 Å². The summed E-state index contributed by atoms with van der Waals surface area (Å²) in [4.78, 5) is 4.90. The van der Waals surface area contributed by atoms with Crippen molar-refractivity contribution in [1.29, 1.82) is 0 Å². The zero-order valence-corrected chi connectivity index (χ0v) is 20.6. The fourth-order valence-electron chi connectivity index (χ4n) is 5.01. The Kier molecular flexibility index (Phi) is 8.09. The number of ether oxygens (including phenoxy) is 1. The molecule has 36 heavy (non-hydrogen) atoms. The van der Waals surface area contributed by atoms with Gasteiger partial charge >= 0.3 is 0 Å². The lowest BCUT2D eigenvalue weighted by molar-refractivity contribution is 0.0401. The van der Waals surface area contributed by atoms with Crippen LogP contribution < -0.4 is 4.74 Å². The number of hydrogen-bond donors (Lipinski definition) is 1. The van der Waals surface area contributed by atoms with Crippen molar-refractivity contribution in [3.05, 3.63) is 126 Å². The average molecular weight is 479 g/mol. The molecule has 0 aliphatic carbocycles. The molecule has 1 saturated heterocycles. The molecule has 4 heteroatoms. The first-order valence-electron chi connectivity index (χ1n) is 12.8. The molecule has 4 aromatic rings. The number of aliphatic hydroxyl groups is 1. The molecule has 184 valence electrons. The van der Waals surface area contributed by atoms with Crippen molar-refractivity contribution < 1.29 is 9.84 Å². The molecule has 4 aromatic carbocycles. The number of benzene rings is 4. The standard InChI is InChI=1S/C32H34N2O2/c35-30(25-36-31-18-16-27(17-19-31)26-10-4-1-5-11-26)24-33-20-22-34(23-21-33)32(28-12-6-2-7-13-28)29-14-8-3-9-15-29/h1-19,30,32,35H,20-25H2/t30-/m1/s1. The Hall–Kier alpha value is -3.44. The van der Waals surface area contributed by atoms with Gasteiger partial charge in [-0.25, -0.2) is 0 Å². The highest BCUT2D eigenvalue weighted by atomic mass is 16.5. The predicted octanol–water partition coefficient (Wildman–Crippen LogP) is 5.50. The second-order valence-electron chi connectivity index (χ2n) is 9.42. The minimum atomic E-state index is -0.524. The lowest BCUT2D eigenvalue weighted by Gasteiger charge is -2.40. The van der Waals surface area contributed by atoms with Crippen LogP contribution in [0.1, 0.15) is 17.2 Å². The highest BCUT2D eigenvalue weighted by molar-refractivity contribution is 5.63. The van der Waals surface area contributed by atoms with Gasteiger partial charge in [0.05, 0.1) is 6.04 Å². The van der Waals surface area contributed by atoms with Gasteiger partial charge in [-0.15, -0.1) is 0 Å². The topological polar surface area (TPSA) is 35.9 Å². The largest absolute Gasteiger partial charge is 0.491 e. The van der Waals surface area contributed by atoms with Gasteiger partial charge < -0.3 is 9.84 Å². The third-order valence-electron chi connectivity index (χ3n) is 6.88. The van der Waals surface area contributed by atoms with Crippen molar-refractivity contribution in [1.82, 2.24) is 9.80 Å². The van der Waals surface area contributed by atoms with Crippen LogP contribution in [0.3, 0.4) is 0 Å². The van der Waals surface area contributed by atoms with E-state index in [1.54, 1.807) is 0 Å². The summed E-state index contributed by atoms with van der Waals surface area (Å²) in [6.07, 6.45) is -0.524. The highest BCUT2D eigenvalue weighted by Gasteiger charge is 2.27. The third kappa shape index (κ3) is 6.21. The minimum Gasteiger partial charge on any atom is -0.491 e. The number of hydrogen-bond acceptors (Lipinski definition) is 4. The average Bonchev–Trinajstić information content (AvgIpc) is 2.95. The SMILES string of the molecule is O[C@@H](COc1ccc(-c2ccccc2)cc1)CN1CCN(C(c2ccccc2)c2ccccc2)CC1. The van der Waals surface area contributed by atoms with Gasteiger partial charge in [0.2, 0.25) is 0 Å². The molecule has 0 bridgehead atoms. The maximum Gasteiger partial charge on any atom is 0.119 e. The summed E-state index contributed by atoms with van der Waals surface area (Å²) < 4.78 is 5.89. The fraction of sp³-hybridized carbons (Fsp3) is 0.250. The molecule has 1 aliphatic rings. The zero-order valence-electron chi connectivity index (χ0n) is 20.6. The quantitative estimate of drug-likeness (QED) is 0.345. The van der Waals surface area contributed by atoms with Crippen molar-refractivity contribution in [3.8, 4) is 16.9 Å². The van der Waals surface area contributed by atoms with Crippen LogP contribution in [-0.2, 0) is 0 Å². The molecule has 1 aliphatic heterocycles. The molecule has 5 rings (SSSR count). The van der Waals surface area contributed by atoms with Gasteiger partial charge in [-0.1, -0.05) is 103 Å². The monoisotopic (exact) mass is 478 g/mol. The first-order valence-corrected chi connectivity index (χ1v) is 12.8. The van der Waals surface area contributed by atoms with Crippen LogP contribution in [0.4, 0.5) is 0 Å². The smallest absolute Gasteiger partial charge is 0.119 e. The van der Waals surface area contributed by atoms with Crippen LogP contribution in [-0.4, -0.2) is 60.3 Å². The van der Waals surface area contributed by atoms with Crippen molar-refractivity contribution in [3.63, 3.8) is 0 Å². The van der Waals surface area contributed by atoms with E-state index in [0.29, 0.717) is 13.2 Å². The maximum absolute atomic E-state index is 10.6. The first kappa shape index (κ1) is 24.3. The Labute approximate surface area is 214 Å². The van der Waals surface area contributed by atoms with Crippen LogP contribution in [0, 0.1) is 0 Å². The molecule has 0 radical (unpaired) electrons. The normalized spacial score (nSPS) is 15.6. The molecule has 0 unspecified atom stereocenters. The summed E-state index contributed by atoms with van der Waals surface area (Å²) >= 11 is 0. The van der Waals surface area contributed by atoms with Gasteiger partial charge in [0.15, 0.2) is 0 Å². The van der Waals surface area contributed by atoms with Crippen LogP contribution >= 0.6 is 0 Å². The third-order valence-corrected chi connectivity index (χ3v) is 6.88. The van der Waals surface area contributed by atoms with E-state index in [9.17, 15) is 5.11 Å². The number of β-amino-alcohol motifs (C(OH)–C–C–N with tert-alkyl or cyclic N) is 1. The van der Waals surface area contributed by atoms with Gasteiger partial charge in [-0.3, -0.25) is 9.80 Å². The molecule has 1 atom stereocenters. The number of piperazine rings is 1. The van der Waals surface area contributed by atoms with E-state index in [1.807, 2.05) is 30.3 Å². The Morgan fingerprint density at radius 1 is 0.611 bits per heavy atom. The van der Waals surface area contributed by atoms with Gasteiger partial charge in [-0.05, 0) is 34.4 Å². The van der Waals surface area contributed by atoms with Crippen molar-refractivity contribution in [2.45, 2.75) is 12.1 Å². The number of rotatable bonds is 9. The predicted molar refractivity (Wildman–Crippen MR) is 146 cm³/mol.